The molecule has 0 radical (unpaired) electrons. The molecule has 2 aliphatic rings. The average molecular weight is 290 g/mol. The van der Waals surface area contributed by atoms with Crippen LogP contribution in [0.4, 0.5) is 0 Å². The van der Waals surface area contributed by atoms with Crippen molar-refractivity contribution in [1.82, 2.24) is 10.2 Å². The van der Waals surface area contributed by atoms with Gasteiger partial charge < -0.3 is 19.3 Å². The highest BCUT2D eigenvalue weighted by Crippen LogP contribution is 2.45. The highest BCUT2D eigenvalue weighted by Gasteiger charge is 2.55. The monoisotopic (exact) mass is 290 g/mol. The summed E-state index contributed by atoms with van der Waals surface area (Å²) in [6, 6.07) is 7.86. The van der Waals surface area contributed by atoms with Crippen LogP contribution in [0, 0.1) is 0 Å². The first-order valence-corrected chi connectivity index (χ1v) is 7.14. The third kappa shape index (κ3) is 1.98. The normalized spacial score (nSPS) is 34.4. The van der Waals surface area contributed by atoms with Gasteiger partial charge >= 0.3 is 0 Å². The first-order chi connectivity index (χ1) is 10.1. The van der Waals surface area contributed by atoms with E-state index in [-0.39, 0.29) is 31.0 Å². The van der Waals surface area contributed by atoms with Gasteiger partial charge in [0.25, 0.3) is 0 Å². The summed E-state index contributed by atoms with van der Waals surface area (Å²) in [5, 5.41) is 17.9. The Morgan fingerprint density at radius 2 is 2.00 bits per heavy atom. The van der Waals surface area contributed by atoms with Gasteiger partial charge in [-0.2, -0.15) is 5.10 Å². The lowest BCUT2D eigenvalue weighted by Gasteiger charge is -2.23. The number of aliphatic hydroxyl groups is 1. The van der Waals surface area contributed by atoms with Gasteiger partial charge in [0.15, 0.2) is 5.79 Å². The van der Waals surface area contributed by atoms with Gasteiger partial charge in [0, 0.05) is 5.39 Å². The third-order valence-corrected chi connectivity index (χ3v) is 4.11. The van der Waals surface area contributed by atoms with Gasteiger partial charge in [0.2, 0.25) is 0 Å². The SMILES string of the molecule is CC1(C)O[C@@H]2[C@H](O1)[C@@H](CO)O[C@H]2c1[nH]nc2ccccc12. The minimum atomic E-state index is -0.666. The first kappa shape index (κ1) is 13.2. The van der Waals surface area contributed by atoms with Crippen LogP contribution in [-0.2, 0) is 14.2 Å². The molecule has 2 saturated heterocycles. The summed E-state index contributed by atoms with van der Waals surface area (Å²) < 4.78 is 17.8. The van der Waals surface area contributed by atoms with Crippen molar-refractivity contribution in [3.8, 4) is 0 Å². The number of rotatable bonds is 2. The number of nitrogens with one attached hydrogen (secondary N) is 1. The van der Waals surface area contributed by atoms with Crippen LogP contribution in [0.5, 0.6) is 0 Å². The number of nitrogens with zero attached hydrogens (tertiary/aromatic N) is 1. The van der Waals surface area contributed by atoms with E-state index in [1.54, 1.807) is 0 Å². The van der Waals surface area contributed by atoms with E-state index in [2.05, 4.69) is 10.2 Å². The minimum absolute atomic E-state index is 0.0941. The Balaban J connectivity index is 1.75. The number of aliphatic hydroxyl groups excluding tert-OH is 1. The van der Waals surface area contributed by atoms with E-state index < -0.39 is 5.79 Å². The predicted octanol–water partition coefficient (Wildman–Crippen LogP) is 1.52. The second-order valence-electron chi connectivity index (χ2n) is 6.00. The summed E-state index contributed by atoms with van der Waals surface area (Å²) in [6.45, 7) is 3.66. The van der Waals surface area contributed by atoms with Crippen LogP contribution in [0.2, 0.25) is 0 Å². The summed E-state index contributed by atoms with van der Waals surface area (Å²) >= 11 is 0. The highest BCUT2D eigenvalue weighted by atomic mass is 16.8. The number of hydrogen-bond donors (Lipinski definition) is 2. The van der Waals surface area contributed by atoms with Gasteiger partial charge in [-0.05, 0) is 19.9 Å². The summed E-state index contributed by atoms with van der Waals surface area (Å²) in [4.78, 5) is 0. The largest absolute Gasteiger partial charge is 0.394 e. The topological polar surface area (TPSA) is 76.6 Å². The van der Waals surface area contributed by atoms with Crippen molar-refractivity contribution in [2.45, 2.75) is 44.1 Å². The molecule has 0 saturated carbocycles. The number of aromatic nitrogens is 2. The molecule has 2 fully saturated rings. The molecular formula is C15H18N2O4. The number of para-hydroxylation sites is 1. The Morgan fingerprint density at radius 1 is 1.24 bits per heavy atom. The zero-order valence-electron chi connectivity index (χ0n) is 11.9. The summed E-state index contributed by atoms with van der Waals surface area (Å²) in [5.41, 5.74) is 1.76. The fraction of sp³-hybridized carbons (Fsp3) is 0.533. The van der Waals surface area contributed by atoms with E-state index >= 15 is 0 Å². The molecule has 1 aromatic carbocycles. The Kier molecular flexibility index (Phi) is 2.84. The molecule has 0 bridgehead atoms. The molecule has 21 heavy (non-hydrogen) atoms. The van der Waals surface area contributed by atoms with Gasteiger partial charge in [0.1, 0.15) is 24.4 Å². The number of benzene rings is 1. The van der Waals surface area contributed by atoms with Crippen molar-refractivity contribution in [2.75, 3.05) is 6.61 Å². The third-order valence-electron chi connectivity index (χ3n) is 4.11. The molecule has 112 valence electrons. The van der Waals surface area contributed by atoms with Crippen molar-refractivity contribution in [1.29, 1.82) is 0 Å². The number of fused-ring (bicyclic) bond motifs is 2. The molecule has 0 spiro atoms. The molecule has 0 unspecified atom stereocenters. The molecule has 0 amide bonds. The van der Waals surface area contributed by atoms with Gasteiger partial charge in [-0.25, -0.2) is 0 Å². The average Bonchev–Trinajstić information content (AvgIpc) is 3.09. The molecule has 6 nitrogen and oxygen atoms in total. The van der Waals surface area contributed by atoms with Crippen LogP contribution in [0.25, 0.3) is 10.9 Å². The molecule has 0 aliphatic carbocycles. The van der Waals surface area contributed by atoms with Crippen molar-refractivity contribution >= 4 is 10.9 Å². The highest BCUT2D eigenvalue weighted by molar-refractivity contribution is 5.81. The van der Waals surface area contributed by atoms with Gasteiger partial charge in [-0.3, -0.25) is 5.10 Å². The summed E-state index contributed by atoms with van der Waals surface area (Å²) in [7, 11) is 0. The van der Waals surface area contributed by atoms with Gasteiger partial charge in [-0.15, -0.1) is 0 Å². The van der Waals surface area contributed by atoms with E-state index in [0.29, 0.717) is 0 Å². The molecule has 4 atom stereocenters. The van der Waals surface area contributed by atoms with Crippen molar-refractivity contribution in [3.05, 3.63) is 30.0 Å². The number of ether oxygens (including phenoxy) is 3. The lowest BCUT2D eigenvalue weighted by Crippen LogP contribution is -2.31. The predicted molar refractivity (Wildman–Crippen MR) is 74.6 cm³/mol. The Morgan fingerprint density at radius 3 is 2.81 bits per heavy atom. The Bertz CT molecular complexity index is 668. The van der Waals surface area contributed by atoms with Crippen LogP contribution in [0.1, 0.15) is 25.6 Å². The molecule has 2 N–H and O–H groups in total. The summed E-state index contributed by atoms with van der Waals surface area (Å²) in [6.07, 6.45) is -1.22. The van der Waals surface area contributed by atoms with Crippen molar-refractivity contribution < 1.29 is 19.3 Å². The molecule has 4 rings (SSSR count). The molecule has 2 aliphatic heterocycles. The fourth-order valence-corrected chi connectivity index (χ4v) is 3.26. The van der Waals surface area contributed by atoms with Crippen molar-refractivity contribution in [3.63, 3.8) is 0 Å². The van der Waals surface area contributed by atoms with Crippen molar-refractivity contribution in [2.24, 2.45) is 0 Å². The van der Waals surface area contributed by atoms with E-state index in [1.807, 2.05) is 38.1 Å². The zero-order valence-corrected chi connectivity index (χ0v) is 11.9. The van der Waals surface area contributed by atoms with Crippen LogP contribution in [-0.4, -0.2) is 46.0 Å². The fourth-order valence-electron chi connectivity index (χ4n) is 3.26. The molecule has 3 heterocycles. The van der Waals surface area contributed by atoms with E-state index in [1.165, 1.54) is 0 Å². The molecule has 6 heteroatoms. The van der Waals surface area contributed by atoms with Crippen LogP contribution >= 0.6 is 0 Å². The lowest BCUT2D eigenvalue weighted by molar-refractivity contribution is -0.191. The molecule has 1 aromatic heterocycles. The van der Waals surface area contributed by atoms with E-state index in [0.717, 1.165) is 16.6 Å². The smallest absolute Gasteiger partial charge is 0.164 e. The van der Waals surface area contributed by atoms with Crippen LogP contribution in [0.15, 0.2) is 24.3 Å². The number of hydrogen-bond acceptors (Lipinski definition) is 5. The summed E-state index contributed by atoms with van der Waals surface area (Å²) in [5.74, 6) is -0.666. The molecule has 2 aromatic rings. The maximum atomic E-state index is 9.53. The Labute approximate surface area is 122 Å². The standard InChI is InChI=1S/C15H18N2O4/c1-15(2)20-12-10(7-18)19-13(14(12)21-15)11-8-5-3-4-6-9(8)16-17-11/h3-6,10,12-14,18H,7H2,1-2H3,(H,16,17)/t10-,12-,13+,14-/m1/s1. The second-order valence-corrected chi connectivity index (χ2v) is 6.00. The number of H-pyrrole nitrogens is 1. The minimum Gasteiger partial charge on any atom is -0.394 e. The van der Waals surface area contributed by atoms with Gasteiger partial charge in [-0.1, -0.05) is 18.2 Å². The second kappa shape index (κ2) is 4.51. The first-order valence-electron chi connectivity index (χ1n) is 7.14. The molecular weight excluding hydrogens is 272 g/mol. The number of aromatic amines is 1. The quantitative estimate of drug-likeness (QED) is 0.877. The Hall–Kier alpha value is -1.47. The van der Waals surface area contributed by atoms with Gasteiger partial charge in [0.05, 0.1) is 17.8 Å². The maximum Gasteiger partial charge on any atom is 0.164 e. The zero-order chi connectivity index (χ0) is 14.6. The van der Waals surface area contributed by atoms with Crippen LogP contribution in [0.3, 0.4) is 0 Å². The maximum absolute atomic E-state index is 9.53. The van der Waals surface area contributed by atoms with Crippen LogP contribution < -0.4 is 0 Å². The lowest BCUT2D eigenvalue weighted by atomic mass is 10.0. The van der Waals surface area contributed by atoms with E-state index in [9.17, 15) is 5.11 Å². The van der Waals surface area contributed by atoms with E-state index in [4.69, 9.17) is 14.2 Å².